The van der Waals surface area contributed by atoms with Crippen LogP contribution in [0.4, 0.5) is 17.1 Å². The minimum absolute atomic E-state index is 0.0219. The van der Waals surface area contributed by atoms with E-state index in [9.17, 15) is 19.5 Å². The molecule has 0 saturated carbocycles. The first-order valence-corrected chi connectivity index (χ1v) is 8.23. The lowest BCUT2D eigenvalue weighted by Gasteiger charge is -2.29. The number of para-hydroxylation sites is 2. The number of carbonyl (C=O) groups excluding carboxylic acids is 3. The van der Waals surface area contributed by atoms with Crippen LogP contribution in [0.15, 0.2) is 42.5 Å². The van der Waals surface area contributed by atoms with Gasteiger partial charge in [-0.05, 0) is 36.8 Å². The van der Waals surface area contributed by atoms with Crippen molar-refractivity contribution >= 4 is 34.8 Å². The topological polar surface area (TPSA) is 98.7 Å². The zero-order chi connectivity index (χ0) is 18.7. The molecule has 0 spiro atoms. The van der Waals surface area contributed by atoms with E-state index in [1.807, 2.05) is 6.92 Å². The third kappa shape index (κ3) is 3.83. The smallest absolute Gasteiger partial charge is 0.244 e. The van der Waals surface area contributed by atoms with Gasteiger partial charge in [-0.1, -0.05) is 18.2 Å². The van der Waals surface area contributed by atoms with Gasteiger partial charge in [-0.2, -0.15) is 0 Å². The number of aryl methyl sites for hydroxylation is 1. The van der Waals surface area contributed by atoms with Crippen LogP contribution in [0.1, 0.15) is 18.4 Å². The van der Waals surface area contributed by atoms with Crippen molar-refractivity contribution in [3.63, 3.8) is 0 Å². The van der Waals surface area contributed by atoms with E-state index in [4.69, 9.17) is 0 Å². The molecular weight excluding hydrogens is 334 g/mol. The van der Waals surface area contributed by atoms with E-state index in [1.165, 1.54) is 4.90 Å². The fraction of sp³-hybridized carbons (Fsp3) is 0.211. The highest BCUT2D eigenvalue weighted by molar-refractivity contribution is 6.10. The third-order valence-corrected chi connectivity index (χ3v) is 4.06. The fourth-order valence-electron chi connectivity index (χ4n) is 2.77. The van der Waals surface area contributed by atoms with Gasteiger partial charge in [0.2, 0.25) is 17.7 Å². The summed E-state index contributed by atoms with van der Waals surface area (Å²) in [7, 11) is 0. The number of benzene rings is 2. The Balaban J connectivity index is 1.62. The maximum atomic E-state index is 12.5. The molecule has 1 aliphatic rings. The van der Waals surface area contributed by atoms with Gasteiger partial charge in [0.25, 0.3) is 0 Å². The van der Waals surface area contributed by atoms with E-state index in [0.717, 1.165) is 5.56 Å². The van der Waals surface area contributed by atoms with Gasteiger partial charge in [-0.15, -0.1) is 0 Å². The van der Waals surface area contributed by atoms with Gasteiger partial charge in [0.1, 0.15) is 12.3 Å². The van der Waals surface area contributed by atoms with Gasteiger partial charge in [-0.3, -0.25) is 14.4 Å². The average Bonchev–Trinajstić information content (AvgIpc) is 2.61. The summed E-state index contributed by atoms with van der Waals surface area (Å²) in [5.41, 5.74) is 2.37. The molecule has 0 aromatic heterocycles. The van der Waals surface area contributed by atoms with Crippen LogP contribution >= 0.6 is 0 Å². The van der Waals surface area contributed by atoms with Crippen LogP contribution < -0.4 is 15.5 Å². The lowest BCUT2D eigenvalue weighted by molar-refractivity contribution is -0.124. The first kappa shape index (κ1) is 17.5. The molecule has 3 N–H and O–H groups in total. The normalized spacial score (nSPS) is 13.0. The fourth-order valence-corrected chi connectivity index (χ4v) is 2.77. The first-order valence-electron chi connectivity index (χ1n) is 8.23. The second-order valence-electron chi connectivity index (χ2n) is 6.11. The molecule has 1 heterocycles. The van der Waals surface area contributed by atoms with Crippen LogP contribution in [0.2, 0.25) is 0 Å². The summed E-state index contributed by atoms with van der Waals surface area (Å²) in [6.45, 7) is 1.76. The molecule has 3 amide bonds. The molecule has 26 heavy (non-hydrogen) atoms. The Morgan fingerprint density at radius 3 is 2.73 bits per heavy atom. The van der Waals surface area contributed by atoms with E-state index in [-0.39, 0.29) is 42.9 Å². The molecule has 0 saturated heterocycles. The number of amides is 3. The van der Waals surface area contributed by atoms with Gasteiger partial charge in [0, 0.05) is 12.8 Å². The quantitative estimate of drug-likeness (QED) is 0.735. The largest absolute Gasteiger partial charge is 0.506 e. The minimum Gasteiger partial charge on any atom is -0.506 e. The van der Waals surface area contributed by atoms with Crippen molar-refractivity contribution in [1.29, 1.82) is 0 Å². The van der Waals surface area contributed by atoms with Crippen molar-refractivity contribution in [1.82, 2.24) is 0 Å². The molecule has 2 aromatic carbocycles. The standard InChI is InChI=1S/C19H19N3O4/c1-12-6-7-14(16(23)10-12)21-17(24)8-9-19(26)22-11-18(25)20-13-4-2-3-5-15(13)22/h2-7,10,23H,8-9,11H2,1H3,(H,20,25)(H,21,24). The van der Waals surface area contributed by atoms with Crippen molar-refractivity contribution < 1.29 is 19.5 Å². The molecule has 134 valence electrons. The second kappa shape index (κ2) is 7.26. The molecule has 0 unspecified atom stereocenters. The van der Waals surface area contributed by atoms with E-state index in [0.29, 0.717) is 17.1 Å². The van der Waals surface area contributed by atoms with Gasteiger partial charge in [0.05, 0.1) is 17.1 Å². The van der Waals surface area contributed by atoms with Crippen LogP contribution in [0.3, 0.4) is 0 Å². The maximum Gasteiger partial charge on any atom is 0.244 e. The molecule has 7 heteroatoms. The summed E-state index contributed by atoms with van der Waals surface area (Å²) >= 11 is 0. The molecule has 0 fully saturated rings. The molecule has 0 bridgehead atoms. The van der Waals surface area contributed by atoms with Crippen LogP contribution in [0.5, 0.6) is 5.75 Å². The molecule has 2 aromatic rings. The number of hydrogen-bond acceptors (Lipinski definition) is 4. The Morgan fingerprint density at radius 2 is 1.96 bits per heavy atom. The summed E-state index contributed by atoms with van der Waals surface area (Å²) in [5.74, 6) is -0.986. The Hall–Kier alpha value is -3.35. The van der Waals surface area contributed by atoms with Crippen LogP contribution in [-0.4, -0.2) is 29.4 Å². The first-order chi connectivity index (χ1) is 12.4. The predicted octanol–water partition coefficient (Wildman–Crippen LogP) is 2.40. The molecule has 0 radical (unpaired) electrons. The van der Waals surface area contributed by atoms with E-state index >= 15 is 0 Å². The number of fused-ring (bicyclic) bond motifs is 1. The Morgan fingerprint density at radius 1 is 1.19 bits per heavy atom. The lowest BCUT2D eigenvalue weighted by atomic mass is 10.1. The summed E-state index contributed by atoms with van der Waals surface area (Å²) < 4.78 is 0. The number of nitrogens with one attached hydrogen (secondary N) is 2. The highest BCUT2D eigenvalue weighted by Gasteiger charge is 2.26. The lowest BCUT2D eigenvalue weighted by Crippen LogP contribution is -2.42. The summed E-state index contributed by atoms with van der Waals surface area (Å²) in [5, 5.41) is 15.1. The van der Waals surface area contributed by atoms with Gasteiger partial charge < -0.3 is 20.6 Å². The monoisotopic (exact) mass is 353 g/mol. The van der Waals surface area contributed by atoms with Crippen molar-refractivity contribution in [3.8, 4) is 5.75 Å². The van der Waals surface area contributed by atoms with Crippen molar-refractivity contribution in [3.05, 3.63) is 48.0 Å². The molecule has 3 rings (SSSR count). The number of aromatic hydroxyl groups is 1. The predicted molar refractivity (Wildman–Crippen MR) is 98.1 cm³/mol. The SMILES string of the molecule is Cc1ccc(NC(=O)CCC(=O)N2CC(=O)Nc3ccccc32)c(O)c1. The Bertz CT molecular complexity index is 879. The highest BCUT2D eigenvalue weighted by Crippen LogP contribution is 2.29. The van der Waals surface area contributed by atoms with Gasteiger partial charge in [-0.25, -0.2) is 0 Å². The zero-order valence-electron chi connectivity index (χ0n) is 14.3. The minimum atomic E-state index is -0.382. The number of rotatable bonds is 4. The molecule has 0 aliphatic carbocycles. The van der Waals surface area contributed by atoms with E-state index < -0.39 is 0 Å². The van der Waals surface area contributed by atoms with Crippen molar-refractivity contribution in [2.24, 2.45) is 0 Å². The van der Waals surface area contributed by atoms with Crippen LogP contribution in [-0.2, 0) is 14.4 Å². The van der Waals surface area contributed by atoms with Crippen LogP contribution in [0, 0.1) is 6.92 Å². The van der Waals surface area contributed by atoms with Gasteiger partial charge >= 0.3 is 0 Å². The van der Waals surface area contributed by atoms with Crippen molar-refractivity contribution in [2.75, 3.05) is 22.1 Å². The summed E-state index contributed by atoms with van der Waals surface area (Å²) in [6.07, 6.45) is -0.0908. The van der Waals surface area contributed by atoms with Gasteiger partial charge in [0.15, 0.2) is 0 Å². The second-order valence-corrected chi connectivity index (χ2v) is 6.11. The average molecular weight is 353 g/mol. The number of carbonyl (C=O) groups is 3. The third-order valence-electron chi connectivity index (χ3n) is 4.06. The number of phenols is 1. The van der Waals surface area contributed by atoms with E-state index in [2.05, 4.69) is 10.6 Å². The number of anilines is 3. The molecule has 7 nitrogen and oxygen atoms in total. The maximum absolute atomic E-state index is 12.5. The summed E-state index contributed by atoms with van der Waals surface area (Å²) in [4.78, 5) is 37.7. The number of nitrogens with zero attached hydrogens (tertiary/aromatic N) is 1. The number of hydrogen-bond donors (Lipinski definition) is 3. The molecular formula is C19H19N3O4. The Kier molecular flexibility index (Phi) is 4.88. The highest BCUT2D eigenvalue weighted by atomic mass is 16.3. The van der Waals surface area contributed by atoms with Crippen LogP contribution in [0.25, 0.3) is 0 Å². The summed E-state index contributed by atoms with van der Waals surface area (Å²) in [6, 6.07) is 11.9. The molecule has 0 atom stereocenters. The molecule has 1 aliphatic heterocycles. The van der Waals surface area contributed by atoms with E-state index in [1.54, 1.807) is 42.5 Å². The van der Waals surface area contributed by atoms with Crippen molar-refractivity contribution in [2.45, 2.75) is 19.8 Å². The Labute approximate surface area is 150 Å². The zero-order valence-corrected chi connectivity index (χ0v) is 14.3. The number of phenolic OH excluding ortho intramolecular Hbond substituents is 1.